The molecule has 1 aliphatic heterocycles. The molecule has 0 radical (unpaired) electrons. The van der Waals surface area contributed by atoms with Crippen LogP contribution >= 0.6 is 0 Å². The molecule has 0 spiro atoms. The quantitative estimate of drug-likeness (QED) is 0.698. The summed E-state index contributed by atoms with van der Waals surface area (Å²) in [4.78, 5) is 27.6. The van der Waals surface area contributed by atoms with E-state index in [1.165, 1.54) is 0 Å². The van der Waals surface area contributed by atoms with Crippen LogP contribution in [0.3, 0.4) is 0 Å². The average Bonchev–Trinajstić information content (AvgIpc) is 2.44. The smallest absolute Gasteiger partial charge is 0.239 e. The Morgan fingerprint density at radius 3 is 2.30 bits per heavy atom. The van der Waals surface area contributed by atoms with Crippen LogP contribution in [0.5, 0.6) is 0 Å². The number of nitrogens with two attached hydrogens (primary N) is 1. The molecule has 0 saturated carbocycles. The van der Waals surface area contributed by atoms with Crippen LogP contribution in [0.15, 0.2) is 0 Å². The highest BCUT2D eigenvalue weighted by molar-refractivity contribution is 5.82. The summed E-state index contributed by atoms with van der Waals surface area (Å²) >= 11 is 0. The van der Waals surface area contributed by atoms with Crippen LogP contribution in [-0.2, 0) is 9.59 Å². The molecule has 1 fully saturated rings. The Kier molecular flexibility index (Phi) is 6.95. The van der Waals surface area contributed by atoms with Crippen molar-refractivity contribution in [2.75, 3.05) is 39.3 Å². The molecule has 2 amide bonds. The minimum atomic E-state index is -0.422. The second-order valence-electron chi connectivity index (χ2n) is 5.72. The van der Waals surface area contributed by atoms with Gasteiger partial charge in [0.05, 0.1) is 12.6 Å². The minimum absolute atomic E-state index is 0.0232. The maximum atomic E-state index is 12.1. The van der Waals surface area contributed by atoms with Crippen LogP contribution in [0, 0.1) is 5.92 Å². The molecule has 1 heterocycles. The van der Waals surface area contributed by atoms with Crippen molar-refractivity contribution in [3.63, 3.8) is 0 Å². The monoisotopic (exact) mass is 284 g/mol. The van der Waals surface area contributed by atoms with Crippen molar-refractivity contribution in [1.82, 2.24) is 15.1 Å². The first-order valence-electron chi connectivity index (χ1n) is 7.49. The van der Waals surface area contributed by atoms with Crippen molar-refractivity contribution in [1.29, 1.82) is 0 Å². The fourth-order valence-corrected chi connectivity index (χ4v) is 2.15. The summed E-state index contributed by atoms with van der Waals surface area (Å²) in [6.45, 7) is 9.85. The summed E-state index contributed by atoms with van der Waals surface area (Å²) in [6.07, 6.45) is 0.946. The maximum absolute atomic E-state index is 12.1. The summed E-state index contributed by atoms with van der Waals surface area (Å²) in [6, 6.07) is -0.422. The van der Waals surface area contributed by atoms with Gasteiger partial charge in [0.15, 0.2) is 0 Å². The van der Waals surface area contributed by atoms with E-state index in [0.717, 1.165) is 26.1 Å². The van der Waals surface area contributed by atoms with Crippen molar-refractivity contribution < 1.29 is 9.59 Å². The van der Waals surface area contributed by atoms with Crippen LogP contribution in [-0.4, -0.2) is 66.9 Å². The molecule has 0 aromatic rings. The summed E-state index contributed by atoms with van der Waals surface area (Å²) in [5.74, 6) is 0.237. The Morgan fingerprint density at radius 1 is 1.20 bits per heavy atom. The van der Waals surface area contributed by atoms with Gasteiger partial charge in [0.2, 0.25) is 11.8 Å². The van der Waals surface area contributed by atoms with Crippen LogP contribution in [0.2, 0.25) is 0 Å². The second-order valence-corrected chi connectivity index (χ2v) is 5.72. The van der Waals surface area contributed by atoms with Crippen molar-refractivity contribution in [2.45, 2.75) is 33.2 Å². The van der Waals surface area contributed by atoms with Gasteiger partial charge in [-0.2, -0.15) is 0 Å². The molecule has 6 heteroatoms. The number of hydrogen-bond donors (Lipinski definition) is 2. The molecule has 20 heavy (non-hydrogen) atoms. The average molecular weight is 284 g/mol. The number of carbonyl (C=O) groups excluding carboxylic acids is 2. The highest BCUT2D eigenvalue weighted by Crippen LogP contribution is 2.07. The molecule has 0 aliphatic carbocycles. The van der Waals surface area contributed by atoms with Crippen LogP contribution in [0.4, 0.5) is 0 Å². The van der Waals surface area contributed by atoms with Gasteiger partial charge in [-0.05, 0) is 12.3 Å². The number of amides is 2. The lowest BCUT2D eigenvalue weighted by molar-refractivity contribution is -0.135. The normalized spacial score (nSPS) is 18.1. The van der Waals surface area contributed by atoms with Gasteiger partial charge in [0.25, 0.3) is 0 Å². The lowest BCUT2D eigenvalue weighted by atomic mass is 10.0. The molecule has 0 unspecified atom stereocenters. The number of rotatable bonds is 6. The Hall–Kier alpha value is -1.14. The Morgan fingerprint density at radius 2 is 1.80 bits per heavy atom. The van der Waals surface area contributed by atoms with Gasteiger partial charge in [0, 0.05) is 32.7 Å². The van der Waals surface area contributed by atoms with E-state index in [4.69, 9.17) is 5.73 Å². The highest BCUT2D eigenvalue weighted by Gasteiger charge is 2.27. The zero-order chi connectivity index (χ0) is 15.1. The Balaban J connectivity index is 2.33. The van der Waals surface area contributed by atoms with Crippen LogP contribution in [0.25, 0.3) is 0 Å². The highest BCUT2D eigenvalue weighted by atomic mass is 16.2. The van der Waals surface area contributed by atoms with Crippen molar-refractivity contribution in [2.24, 2.45) is 11.7 Å². The number of hydrogen-bond acceptors (Lipinski definition) is 4. The van der Waals surface area contributed by atoms with E-state index in [1.807, 2.05) is 25.7 Å². The van der Waals surface area contributed by atoms with E-state index < -0.39 is 6.04 Å². The van der Waals surface area contributed by atoms with Crippen molar-refractivity contribution >= 4 is 11.8 Å². The lowest BCUT2D eigenvalue weighted by Crippen LogP contribution is -2.55. The second kappa shape index (κ2) is 8.21. The molecule has 6 nitrogen and oxygen atoms in total. The molecular weight excluding hydrogens is 256 g/mol. The van der Waals surface area contributed by atoms with Crippen LogP contribution < -0.4 is 11.1 Å². The predicted octanol–water partition coefficient (Wildman–Crippen LogP) is -0.360. The third-order valence-corrected chi connectivity index (χ3v) is 3.63. The summed E-state index contributed by atoms with van der Waals surface area (Å²) in [5.41, 5.74) is 5.89. The van der Waals surface area contributed by atoms with Crippen molar-refractivity contribution in [3.8, 4) is 0 Å². The first-order valence-corrected chi connectivity index (χ1v) is 7.49. The lowest BCUT2D eigenvalue weighted by Gasteiger charge is -2.36. The zero-order valence-electron chi connectivity index (χ0n) is 12.9. The third-order valence-electron chi connectivity index (χ3n) is 3.63. The number of carbonyl (C=O) groups is 2. The van der Waals surface area contributed by atoms with Crippen LogP contribution in [0.1, 0.15) is 27.2 Å². The molecule has 116 valence electrons. The molecule has 0 bridgehead atoms. The third kappa shape index (κ3) is 5.09. The predicted molar refractivity (Wildman–Crippen MR) is 79.1 cm³/mol. The van der Waals surface area contributed by atoms with Gasteiger partial charge >= 0.3 is 0 Å². The van der Waals surface area contributed by atoms with E-state index in [2.05, 4.69) is 10.2 Å². The molecule has 1 atom stereocenters. The summed E-state index contributed by atoms with van der Waals surface area (Å²) < 4.78 is 0. The molecule has 0 aromatic carbocycles. The van der Waals surface area contributed by atoms with E-state index in [9.17, 15) is 9.59 Å². The Labute approximate surface area is 121 Å². The first kappa shape index (κ1) is 16.9. The van der Waals surface area contributed by atoms with E-state index in [0.29, 0.717) is 19.6 Å². The SMILES string of the molecule is CCCNC(=O)CN1CCN(C(=O)[C@@H](N)C(C)C)CC1. The number of nitrogens with zero attached hydrogens (tertiary/aromatic N) is 2. The van der Waals surface area contributed by atoms with E-state index >= 15 is 0 Å². The van der Waals surface area contributed by atoms with E-state index in [-0.39, 0.29) is 17.7 Å². The molecule has 0 aromatic heterocycles. The zero-order valence-corrected chi connectivity index (χ0v) is 12.9. The minimum Gasteiger partial charge on any atom is -0.355 e. The van der Waals surface area contributed by atoms with E-state index in [1.54, 1.807) is 0 Å². The van der Waals surface area contributed by atoms with Gasteiger partial charge in [0.1, 0.15) is 0 Å². The van der Waals surface area contributed by atoms with Gasteiger partial charge in [-0.1, -0.05) is 20.8 Å². The molecule has 1 rings (SSSR count). The maximum Gasteiger partial charge on any atom is 0.239 e. The first-order chi connectivity index (χ1) is 9.45. The van der Waals surface area contributed by atoms with Gasteiger partial charge < -0.3 is 16.0 Å². The molecule has 3 N–H and O–H groups in total. The summed E-state index contributed by atoms with van der Waals surface area (Å²) in [5, 5.41) is 2.87. The standard InChI is InChI=1S/C14H28N4O2/c1-4-5-16-12(19)10-17-6-8-18(9-7-17)14(20)13(15)11(2)3/h11,13H,4-10,15H2,1-3H3,(H,16,19)/t13-/m0/s1. The van der Waals surface area contributed by atoms with Gasteiger partial charge in [-0.25, -0.2) is 0 Å². The summed E-state index contributed by atoms with van der Waals surface area (Å²) in [7, 11) is 0. The molecule has 1 saturated heterocycles. The number of nitrogens with one attached hydrogen (secondary N) is 1. The van der Waals surface area contributed by atoms with Gasteiger partial charge in [-0.3, -0.25) is 14.5 Å². The molecular formula is C14H28N4O2. The van der Waals surface area contributed by atoms with Gasteiger partial charge in [-0.15, -0.1) is 0 Å². The largest absolute Gasteiger partial charge is 0.355 e. The topological polar surface area (TPSA) is 78.7 Å². The fraction of sp³-hybridized carbons (Fsp3) is 0.857. The number of piperazine rings is 1. The fourth-order valence-electron chi connectivity index (χ4n) is 2.15. The Bertz CT molecular complexity index is 325. The molecule has 1 aliphatic rings. The van der Waals surface area contributed by atoms with Crippen molar-refractivity contribution in [3.05, 3.63) is 0 Å².